The van der Waals surface area contributed by atoms with Crippen LogP contribution in [0.1, 0.15) is 37.6 Å². The van der Waals surface area contributed by atoms with Gasteiger partial charge in [-0.05, 0) is 29.7 Å². The van der Waals surface area contributed by atoms with Crippen molar-refractivity contribution >= 4 is 18.0 Å². The molecule has 1 aromatic carbocycles. The number of aldehydes is 1. The summed E-state index contributed by atoms with van der Waals surface area (Å²) >= 11 is 1.85. The second-order valence-corrected chi connectivity index (χ2v) is 6.01. The minimum atomic E-state index is 0.399. The maximum atomic E-state index is 10.5. The Labute approximate surface area is 96.3 Å². The number of carbonyl (C=O) groups excluding carboxylic acids is 1. The number of thioether (sulfide) groups is 1. The van der Waals surface area contributed by atoms with Crippen molar-refractivity contribution in [3.8, 4) is 0 Å². The zero-order valence-corrected chi connectivity index (χ0v) is 10.4. The van der Waals surface area contributed by atoms with Crippen LogP contribution in [0.15, 0.2) is 29.2 Å². The lowest BCUT2D eigenvalue weighted by molar-refractivity contribution is 0.112. The monoisotopic (exact) mass is 222 g/mol. The normalized spacial score (nSPS) is 11.4. The van der Waals surface area contributed by atoms with Gasteiger partial charge < -0.3 is 0 Å². The highest BCUT2D eigenvalue weighted by atomic mass is 32.2. The third-order valence-corrected chi connectivity index (χ3v) is 3.15. The molecule has 0 aliphatic rings. The van der Waals surface area contributed by atoms with Crippen LogP contribution in [0, 0.1) is 5.41 Å². The van der Waals surface area contributed by atoms with Crippen LogP contribution in [0.2, 0.25) is 0 Å². The molecule has 0 aliphatic carbocycles. The van der Waals surface area contributed by atoms with Crippen LogP contribution >= 0.6 is 11.8 Å². The molecule has 0 aromatic heterocycles. The zero-order valence-electron chi connectivity index (χ0n) is 9.62. The van der Waals surface area contributed by atoms with Gasteiger partial charge in [0.15, 0.2) is 0 Å². The Hall–Kier alpha value is -0.760. The van der Waals surface area contributed by atoms with E-state index in [1.807, 2.05) is 36.0 Å². The van der Waals surface area contributed by atoms with E-state index in [0.717, 1.165) is 17.6 Å². The minimum Gasteiger partial charge on any atom is -0.298 e. The topological polar surface area (TPSA) is 17.1 Å². The fraction of sp³-hybridized carbons (Fsp3) is 0.462. The van der Waals surface area contributed by atoms with Gasteiger partial charge in [-0.1, -0.05) is 32.9 Å². The number of hydrogen-bond acceptors (Lipinski definition) is 2. The van der Waals surface area contributed by atoms with E-state index in [1.165, 1.54) is 11.3 Å². The third-order valence-electron chi connectivity index (χ3n) is 2.14. The Morgan fingerprint density at radius 3 is 2.27 bits per heavy atom. The highest BCUT2D eigenvalue weighted by Crippen LogP contribution is 2.25. The molecule has 0 spiro atoms. The molecule has 2 heteroatoms. The van der Waals surface area contributed by atoms with E-state index in [-0.39, 0.29) is 0 Å². The molecule has 0 saturated heterocycles. The smallest absolute Gasteiger partial charge is 0.150 e. The molecule has 0 aliphatic heterocycles. The van der Waals surface area contributed by atoms with Crippen LogP contribution in [-0.4, -0.2) is 12.0 Å². The predicted octanol–water partition coefficient (Wildman–Crippen LogP) is 4.03. The summed E-state index contributed by atoms with van der Waals surface area (Å²) in [6.45, 7) is 6.76. The second-order valence-electron chi connectivity index (χ2n) is 4.85. The number of benzene rings is 1. The molecule has 82 valence electrons. The maximum absolute atomic E-state index is 10.5. The minimum absolute atomic E-state index is 0.399. The molecule has 1 rings (SSSR count). The molecule has 0 amide bonds. The molecule has 0 saturated carbocycles. The fourth-order valence-electron chi connectivity index (χ4n) is 1.12. The van der Waals surface area contributed by atoms with Crippen LogP contribution in [0.3, 0.4) is 0 Å². The summed E-state index contributed by atoms with van der Waals surface area (Å²) in [5.74, 6) is 1.13. The average Bonchev–Trinajstić information content (AvgIpc) is 2.17. The molecule has 0 fully saturated rings. The molecule has 0 heterocycles. The molecule has 0 bridgehead atoms. The fourth-order valence-corrected chi connectivity index (χ4v) is 2.40. The quantitative estimate of drug-likeness (QED) is 0.565. The molecule has 0 unspecified atom stereocenters. The van der Waals surface area contributed by atoms with Crippen molar-refractivity contribution in [2.45, 2.75) is 32.1 Å². The average molecular weight is 222 g/mol. The van der Waals surface area contributed by atoms with Gasteiger partial charge in [-0.2, -0.15) is 0 Å². The first kappa shape index (κ1) is 12.3. The summed E-state index contributed by atoms with van der Waals surface area (Å²) < 4.78 is 0. The maximum Gasteiger partial charge on any atom is 0.150 e. The first-order chi connectivity index (χ1) is 7.01. The van der Waals surface area contributed by atoms with Gasteiger partial charge in [-0.25, -0.2) is 0 Å². The Kier molecular flexibility index (Phi) is 4.40. The first-order valence-corrected chi connectivity index (χ1v) is 6.18. The van der Waals surface area contributed by atoms with E-state index < -0.39 is 0 Å². The summed E-state index contributed by atoms with van der Waals surface area (Å²) in [5.41, 5.74) is 1.14. The molecule has 1 aromatic rings. The molecule has 0 N–H and O–H groups in total. The summed E-state index contributed by atoms with van der Waals surface area (Å²) in [6, 6.07) is 7.76. The molecule has 1 nitrogen and oxygen atoms in total. The van der Waals surface area contributed by atoms with Crippen molar-refractivity contribution in [2.24, 2.45) is 5.41 Å². The second kappa shape index (κ2) is 5.36. The number of rotatable bonds is 4. The number of carbonyl (C=O) groups is 1. The van der Waals surface area contributed by atoms with Gasteiger partial charge in [-0.15, -0.1) is 11.8 Å². The van der Waals surface area contributed by atoms with E-state index >= 15 is 0 Å². The van der Waals surface area contributed by atoms with E-state index in [0.29, 0.717) is 5.41 Å². The van der Waals surface area contributed by atoms with Crippen LogP contribution < -0.4 is 0 Å². The van der Waals surface area contributed by atoms with Crippen LogP contribution in [0.25, 0.3) is 0 Å². The van der Waals surface area contributed by atoms with E-state index in [1.54, 1.807) is 0 Å². The van der Waals surface area contributed by atoms with Gasteiger partial charge in [0.25, 0.3) is 0 Å². The van der Waals surface area contributed by atoms with E-state index in [9.17, 15) is 4.79 Å². The van der Waals surface area contributed by atoms with Gasteiger partial charge in [0.05, 0.1) is 0 Å². The zero-order chi connectivity index (χ0) is 11.3. The van der Waals surface area contributed by atoms with Crippen LogP contribution in [-0.2, 0) is 0 Å². The van der Waals surface area contributed by atoms with E-state index in [4.69, 9.17) is 0 Å². The van der Waals surface area contributed by atoms with Gasteiger partial charge in [0, 0.05) is 10.5 Å². The molecule has 0 atom stereocenters. The Bertz CT molecular complexity index is 308. The SMILES string of the molecule is CC(C)(C)CCSc1ccc(C=O)cc1. The van der Waals surface area contributed by atoms with Crippen LogP contribution in [0.5, 0.6) is 0 Å². The summed E-state index contributed by atoms with van der Waals surface area (Å²) in [6.07, 6.45) is 2.08. The molecule has 15 heavy (non-hydrogen) atoms. The number of hydrogen-bond donors (Lipinski definition) is 0. The lowest BCUT2D eigenvalue weighted by atomic mass is 9.94. The Morgan fingerprint density at radius 2 is 1.80 bits per heavy atom. The lowest BCUT2D eigenvalue weighted by Crippen LogP contribution is -2.05. The van der Waals surface area contributed by atoms with Gasteiger partial charge in [-0.3, -0.25) is 4.79 Å². The van der Waals surface area contributed by atoms with Crippen molar-refractivity contribution in [1.82, 2.24) is 0 Å². The Morgan fingerprint density at radius 1 is 1.20 bits per heavy atom. The Balaban J connectivity index is 2.41. The largest absolute Gasteiger partial charge is 0.298 e. The van der Waals surface area contributed by atoms with E-state index in [2.05, 4.69) is 20.8 Å². The standard InChI is InChI=1S/C13H18OS/c1-13(2,3)8-9-15-12-6-4-11(10-14)5-7-12/h4-7,10H,8-9H2,1-3H3. The summed E-state index contributed by atoms with van der Waals surface area (Å²) in [5, 5.41) is 0. The highest BCUT2D eigenvalue weighted by molar-refractivity contribution is 7.99. The van der Waals surface area contributed by atoms with Crippen molar-refractivity contribution in [1.29, 1.82) is 0 Å². The van der Waals surface area contributed by atoms with Crippen molar-refractivity contribution in [2.75, 3.05) is 5.75 Å². The highest BCUT2D eigenvalue weighted by Gasteiger charge is 2.09. The van der Waals surface area contributed by atoms with Crippen molar-refractivity contribution in [3.63, 3.8) is 0 Å². The summed E-state index contributed by atoms with van der Waals surface area (Å²) in [7, 11) is 0. The van der Waals surface area contributed by atoms with Crippen molar-refractivity contribution < 1.29 is 4.79 Å². The van der Waals surface area contributed by atoms with Gasteiger partial charge in [0.2, 0.25) is 0 Å². The van der Waals surface area contributed by atoms with Gasteiger partial charge in [0.1, 0.15) is 6.29 Å². The van der Waals surface area contributed by atoms with Crippen LogP contribution in [0.4, 0.5) is 0 Å². The summed E-state index contributed by atoms with van der Waals surface area (Å²) in [4.78, 5) is 11.7. The molecular formula is C13H18OS. The predicted molar refractivity (Wildman–Crippen MR) is 66.6 cm³/mol. The molecular weight excluding hydrogens is 204 g/mol. The molecule has 0 radical (unpaired) electrons. The van der Waals surface area contributed by atoms with Gasteiger partial charge >= 0.3 is 0 Å². The first-order valence-electron chi connectivity index (χ1n) is 5.19. The lowest BCUT2D eigenvalue weighted by Gasteiger charge is -2.17. The third kappa shape index (κ3) is 5.03. The van der Waals surface area contributed by atoms with Crippen molar-refractivity contribution in [3.05, 3.63) is 29.8 Å².